The van der Waals surface area contributed by atoms with E-state index in [9.17, 15) is 13.2 Å². The van der Waals surface area contributed by atoms with E-state index < -0.39 is 10.0 Å². The largest absolute Gasteiger partial charge is 0.484 e. The minimum absolute atomic E-state index is 0.0763. The van der Waals surface area contributed by atoms with Crippen molar-refractivity contribution in [1.29, 1.82) is 0 Å². The molecule has 1 fully saturated rings. The molecule has 2 rings (SSSR count). The van der Waals surface area contributed by atoms with Gasteiger partial charge in [0.1, 0.15) is 5.75 Å². The first-order valence-electron chi connectivity index (χ1n) is 9.37. The molecule has 7 heteroatoms. The van der Waals surface area contributed by atoms with Crippen molar-refractivity contribution in [3.05, 3.63) is 23.8 Å². The number of nitrogens with one attached hydrogen (secondary N) is 1. The van der Waals surface area contributed by atoms with E-state index in [0.717, 1.165) is 32.1 Å². The van der Waals surface area contributed by atoms with Crippen molar-refractivity contribution in [2.75, 3.05) is 19.7 Å². The first-order valence-corrected chi connectivity index (χ1v) is 10.8. The zero-order valence-electron chi connectivity index (χ0n) is 16.0. The van der Waals surface area contributed by atoms with Crippen LogP contribution < -0.4 is 10.1 Å². The first kappa shape index (κ1) is 20.7. The summed E-state index contributed by atoms with van der Waals surface area (Å²) >= 11 is 0. The Bertz CT molecular complexity index is 712. The summed E-state index contributed by atoms with van der Waals surface area (Å²) in [6.45, 7) is 6.91. The number of aryl methyl sites for hydroxylation is 1. The third-order valence-electron chi connectivity index (χ3n) is 4.59. The van der Waals surface area contributed by atoms with Crippen LogP contribution in [0.15, 0.2) is 23.1 Å². The van der Waals surface area contributed by atoms with Gasteiger partial charge in [-0.3, -0.25) is 4.79 Å². The number of carbonyl (C=O) groups excluding carboxylic acids is 1. The zero-order valence-corrected chi connectivity index (χ0v) is 16.8. The Morgan fingerprint density at radius 2 is 1.96 bits per heavy atom. The third-order valence-corrected chi connectivity index (χ3v) is 6.48. The topological polar surface area (TPSA) is 75.7 Å². The van der Waals surface area contributed by atoms with Gasteiger partial charge in [0.15, 0.2) is 6.61 Å². The molecule has 26 heavy (non-hydrogen) atoms. The number of carbonyl (C=O) groups is 1. The molecule has 1 aromatic rings. The molecule has 0 saturated carbocycles. The fraction of sp³-hybridized carbons (Fsp3) is 0.632. The molecular formula is C19H30N2O4S. The standard InChI is InChI=1S/C19H30N2O4S/c1-4-8-16(3)20-19(22)14-25-18-10-9-17(13-15(18)2)26(23,24)21-11-6-5-7-12-21/h9-10,13,16H,4-8,11-12,14H2,1-3H3,(H,20,22)/t16-/m0/s1. The number of amides is 1. The highest BCUT2D eigenvalue weighted by molar-refractivity contribution is 7.89. The highest BCUT2D eigenvalue weighted by atomic mass is 32.2. The number of piperidine rings is 1. The summed E-state index contributed by atoms with van der Waals surface area (Å²) in [5, 5.41) is 2.88. The minimum atomic E-state index is -3.46. The fourth-order valence-electron chi connectivity index (χ4n) is 3.16. The van der Waals surface area contributed by atoms with Gasteiger partial charge in [-0.15, -0.1) is 0 Å². The van der Waals surface area contributed by atoms with Gasteiger partial charge in [0.2, 0.25) is 10.0 Å². The summed E-state index contributed by atoms with van der Waals surface area (Å²) in [6, 6.07) is 4.93. The van der Waals surface area contributed by atoms with Gasteiger partial charge in [0.05, 0.1) is 4.90 Å². The molecule has 0 aliphatic carbocycles. The lowest BCUT2D eigenvalue weighted by atomic mass is 10.2. The van der Waals surface area contributed by atoms with Crippen molar-refractivity contribution >= 4 is 15.9 Å². The molecule has 1 aromatic carbocycles. The highest BCUT2D eigenvalue weighted by Gasteiger charge is 2.26. The summed E-state index contributed by atoms with van der Waals surface area (Å²) in [7, 11) is -3.46. The maximum atomic E-state index is 12.7. The zero-order chi connectivity index (χ0) is 19.2. The third kappa shape index (κ3) is 5.45. The normalized spacial score (nSPS) is 16.9. The predicted octanol–water partition coefficient (Wildman–Crippen LogP) is 2.85. The molecule has 1 atom stereocenters. The van der Waals surface area contributed by atoms with Crippen molar-refractivity contribution < 1.29 is 17.9 Å². The van der Waals surface area contributed by atoms with E-state index in [4.69, 9.17) is 4.74 Å². The van der Waals surface area contributed by atoms with Crippen molar-refractivity contribution in [2.45, 2.75) is 63.8 Å². The lowest BCUT2D eigenvalue weighted by Crippen LogP contribution is -2.36. The van der Waals surface area contributed by atoms with Crippen LogP contribution in [0.2, 0.25) is 0 Å². The summed E-state index contributed by atoms with van der Waals surface area (Å²) in [6.07, 6.45) is 4.83. The average Bonchev–Trinajstić information content (AvgIpc) is 2.61. The Labute approximate surface area is 157 Å². The molecule has 0 spiro atoms. The molecule has 146 valence electrons. The van der Waals surface area contributed by atoms with Crippen LogP contribution in [0.3, 0.4) is 0 Å². The molecule has 1 N–H and O–H groups in total. The quantitative estimate of drug-likeness (QED) is 0.750. The Morgan fingerprint density at radius 1 is 1.27 bits per heavy atom. The van der Waals surface area contributed by atoms with Crippen LogP contribution in [0, 0.1) is 6.92 Å². The number of hydrogen-bond donors (Lipinski definition) is 1. The molecule has 0 radical (unpaired) electrons. The van der Waals surface area contributed by atoms with Gasteiger partial charge in [-0.25, -0.2) is 8.42 Å². The predicted molar refractivity (Wildman–Crippen MR) is 102 cm³/mol. The van der Waals surface area contributed by atoms with Crippen LogP contribution in [0.5, 0.6) is 5.75 Å². The molecule has 0 bridgehead atoms. The number of rotatable bonds is 8. The van der Waals surface area contributed by atoms with Crippen LogP contribution in [-0.2, 0) is 14.8 Å². The van der Waals surface area contributed by atoms with Crippen molar-refractivity contribution in [3.63, 3.8) is 0 Å². The summed E-state index contributed by atoms with van der Waals surface area (Å²) in [4.78, 5) is 12.2. The van der Waals surface area contributed by atoms with E-state index >= 15 is 0 Å². The second kappa shape index (κ2) is 9.37. The van der Waals surface area contributed by atoms with E-state index in [1.165, 1.54) is 0 Å². The molecular weight excluding hydrogens is 352 g/mol. The number of sulfonamides is 1. The van der Waals surface area contributed by atoms with E-state index in [-0.39, 0.29) is 23.5 Å². The average molecular weight is 383 g/mol. The fourth-order valence-corrected chi connectivity index (χ4v) is 4.77. The Kier molecular flexibility index (Phi) is 7.46. The van der Waals surface area contributed by atoms with Gasteiger partial charge in [-0.1, -0.05) is 19.8 Å². The first-order chi connectivity index (χ1) is 12.3. The second-order valence-corrected chi connectivity index (χ2v) is 8.88. The van der Waals surface area contributed by atoms with Crippen LogP contribution >= 0.6 is 0 Å². The van der Waals surface area contributed by atoms with Gasteiger partial charge >= 0.3 is 0 Å². The summed E-state index contributed by atoms with van der Waals surface area (Å²) in [5.41, 5.74) is 0.706. The number of ether oxygens (including phenoxy) is 1. The van der Waals surface area contributed by atoms with Crippen LogP contribution in [0.4, 0.5) is 0 Å². The molecule has 1 amide bonds. The summed E-state index contributed by atoms with van der Waals surface area (Å²) in [5.74, 6) is 0.358. The number of nitrogens with zero attached hydrogens (tertiary/aromatic N) is 1. The van der Waals surface area contributed by atoms with Gasteiger partial charge < -0.3 is 10.1 Å². The van der Waals surface area contributed by atoms with Gasteiger partial charge in [0.25, 0.3) is 5.91 Å². The molecule has 1 saturated heterocycles. The highest BCUT2D eigenvalue weighted by Crippen LogP contribution is 2.25. The summed E-state index contributed by atoms with van der Waals surface area (Å²) < 4.78 is 32.6. The Morgan fingerprint density at radius 3 is 2.58 bits per heavy atom. The molecule has 1 aliphatic heterocycles. The number of hydrogen-bond acceptors (Lipinski definition) is 4. The van der Waals surface area contributed by atoms with E-state index in [2.05, 4.69) is 12.2 Å². The van der Waals surface area contributed by atoms with Gasteiger partial charge in [-0.2, -0.15) is 4.31 Å². The monoisotopic (exact) mass is 382 g/mol. The van der Waals surface area contributed by atoms with E-state index in [0.29, 0.717) is 24.4 Å². The minimum Gasteiger partial charge on any atom is -0.484 e. The van der Waals surface area contributed by atoms with Crippen LogP contribution in [0.25, 0.3) is 0 Å². The molecule has 6 nitrogen and oxygen atoms in total. The van der Waals surface area contributed by atoms with E-state index in [1.807, 2.05) is 6.92 Å². The lowest BCUT2D eigenvalue weighted by molar-refractivity contribution is -0.123. The maximum Gasteiger partial charge on any atom is 0.258 e. The van der Waals surface area contributed by atoms with Gasteiger partial charge in [-0.05, 0) is 56.9 Å². The van der Waals surface area contributed by atoms with Gasteiger partial charge in [0, 0.05) is 19.1 Å². The Hall–Kier alpha value is -1.60. The molecule has 1 heterocycles. The van der Waals surface area contributed by atoms with Crippen LogP contribution in [-0.4, -0.2) is 44.4 Å². The Balaban J connectivity index is 1.99. The molecule has 1 aliphatic rings. The smallest absolute Gasteiger partial charge is 0.258 e. The van der Waals surface area contributed by atoms with Crippen molar-refractivity contribution in [1.82, 2.24) is 9.62 Å². The van der Waals surface area contributed by atoms with Crippen molar-refractivity contribution in [3.8, 4) is 5.75 Å². The van der Waals surface area contributed by atoms with Crippen LogP contribution in [0.1, 0.15) is 51.5 Å². The van der Waals surface area contributed by atoms with Crippen molar-refractivity contribution in [2.24, 2.45) is 0 Å². The second-order valence-electron chi connectivity index (χ2n) is 6.94. The van der Waals surface area contributed by atoms with E-state index in [1.54, 1.807) is 29.4 Å². The maximum absolute atomic E-state index is 12.7. The molecule has 0 unspecified atom stereocenters. The number of benzene rings is 1. The lowest BCUT2D eigenvalue weighted by Gasteiger charge is -2.26. The molecule has 0 aromatic heterocycles. The SMILES string of the molecule is CCC[C@H](C)NC(=O)COc1ccc(S(=O)(=O)N2CCCCC2)cc1C.